The summed E-state index contributed by atoms with van der Waals surface area (Å²) in [6.45, 7) is 5.72. The van der Waals surface area contributed by atoms with Crippen LogP contribution in [-0.2, 0) is 16.1 Å². The van der Waals surface area contributed by atoms with Gasteiger partial charge < -0.3 is 9.64 Å². The number of H-pyrrole nitrogens is 1. The second-order valence-corrected chi connectivity index (χ2v) is 7.15. The minimum atomic E-state index is 0.0695. The Labute approximate surface area is 154 Å². The van der Waals surface area contributed by atoms with Gasteiger partial charge in [0.05, 0.1) is 24.4 Å². The quantitative estimate of drug-likeness (QED) is 0.914. The van der Waals surface area contributed by atoms with Gasteiger partial charge >= 0.3 is 0 Å². The first-order valence-corrected chi connectivity index (χ1v) is 9.48. The van der Waals surface area contributed by atoms with Gasteiger partial charge in [0.1, 0.15) is 0 Å². The Kier molecular flexibility index (Phi) is 5.32. The van der Waals surface area contributed by atoms with E-state index >= 15 is 0 Å². The summed E-state index contributed by atoms with van der Waals surface area (Å²) in [5.74, 6) is 0.345. The molecule has 1 amide bonds. The van der Waals surface area contributed by atoms with E-state index < -0.39 is 0 Å². The third-order valence-electron chi connectivity index (χ3n) is 5.35. The molecule has 1 unspecified atom stereocenters. The molecule has 2 aromatic rings. The van der Waals surface area contributed by atoms with Gasteiger partial charge in [-0.2, -0.15) is 5.10 Å². The molecule has 6 heteroatoms. The normalized spacial score (nSPS) is 21.7. The van der Waals surface area contributed by atoms with E-state index in [0.717, 1.165) is 63.4 Å². The van der Waals surface area contributed by atoms with Gasteiger partial charge in [0.25, 0.3) is 0 Å². The van der Waals surface area contributed by atoms with Gasteiger partial charge in [-0.25, -0.2) is 0 Å². The smallest absolute Gasteiger partial charge is 0.228 e. The van der Waals surface area contributed by atoms with E-state index in [2.05, 4.69) is 27.2 Å². The molecule has 0 spiro atoms. The zero-order valence-electron chi connectivity index (χ0n) is 15.1. The highest BCUT2D eigenvalue weighted by molar-refractivity contribution is 5.79. The molecule has 6 nitrogen and oxygen atoms in total. The molecular weight excluding hydrogens is 328 g/mol. The molecule has 0 radical (unpaired) electrons. The molecule has 138 valence electrons. The standard InChI is InChI=1S/C20H26N4O2/c25-20(17-7-12-26-15-17)24-9-4-8-23(10-11-24)14-18-13-21-22-19(18)16-5-2-1-3-6-16/h1-3,5-6,13,17H,4,7-12,14-15H2,(H,21,22). The van der Waals surface area contributed by atoms with Crippen molar-refractivity contribution >= 4 is 5.91 Å². The maximum Gasteiger partial charge on any atom is 0.228 e. The molecule has 2 fully saturated rings. The highest BCUT2D eigenvalue weighted by Crippen LogP contribution is 2.23. The number of benzene rings is 1. The number of ether oxygens (including phenoxy) is 1. The zero-order chi connectivity index (χ0) is 17.8. The molecule has 1 aromatic heterocycles. The summed E-state index contributed by atoms with van der Waals surface area (Å²) in [5, 5.41) is 7.39. The summed E-state index contributed by atoms with van der Waals surface area (Å²) in [4.78, 5) is 17.1. The van der Waals surface area contributed by atoms with E-state index in [1.165, 1.54) is 5.56 Å². The summed E-state index contributed by atoms with van der Waals surface area (Å²) in [7, 11) is 0. The highest BCUT2D eigenvalue weighted by atomic mass is 16.5. The molecular formula is C20H26N4O2. The third-order valence-corrected chi connectivity index (χ3v) is 5.35. The van der Waals surface area contributed by atoms with E-state index in [1.54, 1.807) is 0 Å². The van der Waals surface area contributed by atoms with Gasteiger partial charge in [-0.3, -0.25) is 14.8 Å². The van der Waals surface area contributed by atoms with Crippen molar-refractivity contribution in [3.05, 3.63) is 42.1 Å². The predicted molar refractivity (Wildman–Crippen MR) is 99.4 cm³/mol. The van der Waals surface area contributed by atoms with Crippen molar-refractivity contribution < 1.29 is 9.53 Å². The number of hydrogen-bond donors (Lipinski definition) is 1. The maximum absolute atomic E-state index is 12.6. The zero-order valence-corrected chi connectivity index (χ0v) is 15.1. The Bertz CT molecular complexity index is 724. The first-order valence-electron chi connectivity index (χ1n) is 9.48. The molecule has 26 heavy (non-hydrogen) atoms. The number of hydrogen-bond acceptors (Lipinski definition) is 4. The fraction of sp³-hybridized carbons (Fsp3) is 0.500. The Morgan fingerprint density at radius 2 is 2.08 bits per heavy atom. The first-order chi connectivity index (χ1) is 12.8. The number of rotatable bonds is 4. The Morgan fingerprint density at radius 3 is 2.88 bits per heavy atom. The Balaban J connectivity index is 1.38. The topological polar surface area (TPSA) is 61.5 Å². The number of amides is 1. The SMILES string of the molecule is O=C(C1CCOC1)N1CCCN(Cc2cn[nH]c2-c2ccccc2)CC1. The molecule has 0 aliphatic carbocycles. The second-order valence-electron chi connectivity index (χ2n) is 7.15. The number of nitrogens with zero attached hydrogens (tertiary/aromatic N) is 3. The third kappa shape index (κ3) is 3.81. The van der Waals surface area contributed by atoms with Crippen LogP contribution in [0.5, 0.6) is 0 Å². The predicted octanol–water partition coefficient (Wildman–Crippen LogP) is 2.15. The van der Waals surface area contributed by atoms with Crippen LogP contribution in [0.15, 0.2) is 36.5 Å². The highest BCUT2D eigenvalue weighted by Gasteiger charge is 2.29. The molecule has 1 aromatic carbocycles. The summed E-state index contributed by atoms with van der Waals surface area (Å²) < 4.78 is 5.38. The van der Waals surface area contributed by atoms with Crippen molar-refractivity contribution in [3.8, 4) is 11.3 Å². The van der Waals surface area contributed by atoms with E-state index in [9.17, 15) is 4.79 Å². The van der Waals surface area contributed by atoms with Crippen LogP contribution in [0.3, 0.4) is 0 Å². The number of aromatic amines is 1. The van der Waals surface area contributed by atoms with Crippen LogP contribution in [0.1, 0.15) is 18.4 Å². The molecule has 3 heterocycles. The molecule has 4 rings (SSSR count). The first kappa shape index (κ1) is 17.2. The van der Waals surface area contributed by atoms with Crippen molar-refractivity contribution in [3.63, 3.8) is 0 Å². The number of carbonyl (C=O) groups is 1. The fourth-order valence-corrected chi connectivity index (χ4v) is 3.86. The van der Waals surface area contributed by atoms with Gasteiger partial charge in [0.15, 0.2) is 0 Å². The fourth-order valence-electron chi connectivity index (χ4n) is 3.86. The van der Waals surface area contributed by atoms with E-state index in [4.69, 9.17) is 4.74 Å². The molecule has 2 aliphatic rings. The second kappa shape index (κ2) is 8.01. The summed E-state index contributed by atoms with van der Waals surface area (Å²) >= 11 is 0. The molecule has 2 saturated heterocycles. The molecule has 0 bridgehead atoms. The van der Waals surface area contributed by atoms with Crippen LogP contribution in [0.25, 0.3) is 11.3 Å². The minimum absolute atomic E-state index is 0.0695. The lowest BCUT2D eigenvalue weighted by atomic mass is 10.1. The minimum Gasteiger partial charge on any atom is -0.381 e. The average Bonchev–Trinajstić information content (AvgIpc) is 3.31. The molecule has 0 saturated carbocycles. The van der Waals surface area contributed by atoms with Crippen LogP contribution in [0.2, 0.25) is 0 Å². The molecule has 1 N–H and O–H groups in total. The van der Waals surface area contributed by atoms with Crippen molar-refractivity contribution in [2.45, 2.75) is 19.4 Å². The van der Waals surface area contributed by atoms with Crippen molar-refractivity contribution in [2.24, 2.45) is 5.92 Å². The summed E-state index contributed by atoms with van der Waals surface area (Å²) in [6.07, 6.45) is 3.80. The maximum atomic E-state index is 12.6. The van der Waals surface area contributed by atoms with Crippen LogP contribution in [-0.4, -0.2) is 65.3 Å². The summed E-state index contributed by atoms with van der Waals surface area (Å²) in [5.41, 5.74) is 3.46. The van der Waals surface area contributed by atoms with Gasteiger partial charge in [0.2, 0.25) is 5.91 Å². The van der Waals surface area contributed by atoms with Gasteiger partial charge in [0, 0.05) is 44.9 Å². The van der Waals surface area contributed by atoms with E-state index in [1.807, 2.05) is 29.3 Å². The lowest BCUT2D eigenvalue weighted by Gasteiger charge is -2.24. The number of aromatic nitrogens is 2. The monoisotopic (exact) mass is 354 g/mol. The average molecular weight is 354 g/mol. The van der Waals surface area contributed by atoms with Crippen LogP contribution >= 0.6 is 0 Å². The van der Waals surface area contributed by atoms with Crippen molar-refractivity contribution in [2.75, 3.05) is 39.4 Å². The van der Waals surface area contributed by atoms with E-state index in [-0.39, 0.29) is 11.8 Å². The van der Waals surface area contributed by atoms with Crippen molar-refractivity contribution in [1.29, 1.82) is 0 Å². The van der Waals surface area contributed by atoms with E-state index in [0.29, 0.717) is 6.61 Å². The molecule has 1 atom stereocenters. The van der Waals surface area contributed by atoms with Gasteiger partial charge in [-0.05, 0) is 18.4 Å². The van der Waals surface area contributed by atoms with Gasteiger partial charge in [-0.1, -0.05) is 30.3 Å². The lowest BCUT2D eigenvalue weighted by molar-refractivity contribution is -0.135. The van der Waals surface area contributed by atoms with Crippen molar-refractivity contribution in [1.82, 2.24) is 20.0 Å². The number of nitrogens with one attached hydrogen (secondary N) is 1. The lowest BCUT2D eigenvalue weighted by Crippen LogP contribution is -2.39. The summed E-state index contributed by atoms with van der Waals surface area (Å²) in [6, 6.07) is 10.3. The molecule has 2 aliphatic heterocycles. The van der Waals surface area contributed by atoms with Crippen LogP contribution in [0.4, 0.5) is 0 Å². The van der Waals surface area contributed by atoms with Gasteiger partial charge in [-0.15, -0.1) is 0 Å². The Hall–Kier alpha value is -2.18. The Morgan fingerprint density at radius 1 is 1.19 bits per heavy atom. The largest absolute Gasteiger partial charge is 0.381 e. The van der Waals surface area contributed by atoms with Crippen LogP contribution in [0, 0.1) is 5.92 Å². The number of carbonyl (C=O) groups excluding carboxylic acids is 1. The van der Waals surface area contributed by atoms with Crippen LogP contribution < -0.4 is 0 Å².